The Morgan fingerprint density at radius 1 is 1.29 bits per heavy atom. The Labute approximate surface area is 97.8 Å². The molecule has 0 amide bonds. The first-order valence-electron chi connectivity index (χ1n) is 5.51. The quantitative estimate of drug-likeness (QED) is 0.864. The van der Waals surface area contributed by atoms with Gasteiger partial charge in [-0.05, 0) is 32.4 Å². The van der Waals surface area contributed by atoms with E-state index < -0.39 is 11.9 Å². The summed E-state index contributed by atoms with van der Waals surface area (Å²) in [4.78, 5) is 0. The van der Waals surface area contributed by atoms with E-state index in [1.807, 2.05) is 6.92 Å². The van der Waals surface area contributed by atoms with Gasteiger partial charge in [0.15, 0.2) is 0 Å². The van der Waals surface area contributed by atoms with Gasteiger partial charge in [-0.25, -0.2) is 0 Å². The average molecular weight is 245 g/mol. The molecule has 1 aliphatic heterocycles. The van der Waals surface area contributed by atoms with E-state index in [0.717, 1.165) is 19.4 Å². The maximum atomic E-state index is 12.3. The highest BCUT2D eigenvalue weighted by Crippen LogP contribution is 2.37. The van der Waals surface area contributed by atoms with Crippen LogP contribution in [0, 0.1) is 0 Å². The number of hydrogen-bond donors (Lipinski definition) is 1. The van der Waals surface area contributed by atoms with E-state index in [4.69, 9.17) is 0 Å². The Morgan fingerprint density at radius 2 is 2.00 bits per heavy atom. The summed E-state index contributed by atoms with van der Waals surface area (Å²) in [5.41, 5.74) is 0.136. The predicted octanol–water partition coefficient (Wildman–Crippen LogP) is 3.18. The third kappa shape index (κ3) is 2.72. The topological polar surface area (TPSA) is 21.3 Å². The molecular weight excluding hydrogens is 231 g/mol. The highest BCUT2D eigenvalue weighted by Gasteiger charge is 2.37. The van der Waals surface area contributed by atoms with Crippen LogP contribution in [-0.4, -0.2) is 12.9 Å². The first-order valence-corrected chi connectivity index (χ1v) is 5.51. The Hall–Kier alpha value is -1.23. The van der Waals surface area contributed by atoms with Gasteiger partial charge in [0.05, 0.1) is 0 Å². The molecule has 1 aliphatic rings. The van der Waals surface area contributed by atoms with Crippen molar-refractivity contribution in [3.63, 3.8) is 0 Å². The number of para-hydroxylation sites is 1. The fraction of sp³-hybridized carbons (Fsp3) is 0.500. The normalized spacial score (nSPS) is 24.9. The minimum absolute atomic E-state index is 0.114. The van der Waals surface area contributed by atoms with E-state index in [1.54, 1.807) is 18.2 Å². The first-order chi connectivity index (χ1) is 7.91. The summed E-state index contributed by atoms with van der Waals surface area (Å²) in [6.07, 6.45) is -2.88. The molecule has 2 nitrogen and oxygen atoms in total. The number of hydrogen-bond acceptors (Lipinski definition) is 2. The molecule has 1 fully saturated rings. The highest BCUT2D eigenvalue weighted by molar-refractivity contribution is 5.39. The van der Waals surface area contributed by atoms with Crippen molar-refractivity contribution in [3.8, 4) is 5.75 Å². The van der Waals surface area contributed by atoms with Crippen LogP contribution >= 0.6 is 0 Å². The van der Waals surface area contributed by atoms with E-state index in [0.29, 0.717) is 5.56 Å². The van der Waals surface area contributed by atoms with Crippen molar-refractivity contribution in [1.29, 1.82) is 0 Å². The molecule has 1 atom stereocenters. The molecule has 0 aliphatic carbocycles. The maximum absolute atomic E-state index is 12.3. The second-order valence-electron chi connectivity index (χ2n) is 4.41. The van der Waals surface area contributed by atoms with Gasteiger partial charge in [0.2, 0.25) is 0 Å². The maximum Gasteiger partial charge on any atom is 0.573 e. The van der Waals surface area contributed by atoms with Crippen molar-refractivity contribution in [2.75, 3.05) is 6.54 Å². The summed E-state index contributed by atoms with van der Waals surface area (Å²) in [5, 5.41) is 3.23. The molecule has 1 aromatic rings. The number of alkyl halides is 3. The zero-order valence-electron chi connectivity index (χ0n) is 9.47. The van der Waals surface area contributed by atoms with Crippen molar-refractivity contribution >= 4 is 0 Å². The van der Waals surface area contributed by atoms with Crippen LogP contribution in [0.5, 0.6) is 5.75 Å². The molecule has 0 radical (unpaired) electrons. The van der Waals surface area contributed by atoms with Gasteiger partial charge in [-0.15, -0.1) is 13.2 Å². The highest BCUT2D eigenvalue weighted by atomic mass is 19.4. The van der Waals surface area contributed by atoms with Crippen molar-refractivity contribution < 1.29 is 17.9 Å². The van der Waals surface area contributed by atoms with Gasteiger partial charge in [-0.3, -0.25) is 0 Å². The van der Waals surface area contributed by atoms with Gasteiger partial charge in [-0.2, -0.15) is 0 Å². The van der Waals surface area contributed by atoms with Gasteiger partial charge in [0, 0.05) is 11.1 Å². The smallest absolute Gasteiger partial charge is 0.405 e. The van der Waals surface area contributed by atoms with Gasteiger partial charge in [-0.1, -0.05) is 18.2 Å². The Morgan fingerprint density at radius 3 is 2.59 bits per heavy atom. The van der Waals surface area contributed by atoms with Gasteiger partial charge in [0.1, 0.15) is 5.75 Å². The molecule has 0 spiro atoms. The van der Waals surface area contributed by atoms with Crippen molar-refractivity contribution in [2.24, 2.45) is 0 Å². The van der Waals surface area contributed by atoms with Crippen molar-refractivity contribution in [2.45, 2.75) is 31.7 Å². The molecule has 5 heteroatoms. The Balaban J connectivity index is 2.33. The molecular formula is C12H14F3NO. The van der Waals surface area contributed by atoms with Crippen LogP contribution in [0.1, 0.15) is 25.3 Å². The van der Waals surface area contributed by atoms with E-state index in [2.05, 4.69) is 10.1 Å². The third-order valence-corrected chi connectivity index (χ3v) is 3.08. The fourth-order valence-corrected chi connectivity index (χ4v) is 2.26. The number of halogens is 3. The largest absolute Gasteiger partial charge is 0.573 e. The minimum atomic E-state index is -4.65. The fourth-order valence-electron chi connectivity index (χ4n) is 2.26. The molecule has 0 aromatic heterocycles. The van der Waals surface area contributed by atoms with E-state index in [9.17, 15) is 13.2 Å². The summed E-state index contributed by atoms with van der Waals surface area (Å²) in [6.45, 7) is 2.72. The third-order valence-electron chi connectivity index (χ3n) is 3.08. The molecule has 1 saturated heterocycles. The molecule has 2 rings (SSSR count). The first kappa shape index (κ1) is 12.2. The molecule has 1 heterocycles. The lowest BCUT2D eigenvalue weighted by Gasteiger charge is -2.27. The SMILES string of the molecule is CC1(c2ccccc2OC(F)(F)F)CCCN1. The second kappa shape index (κ2) is 4.22. The average Bonchev–Trinajstić information content (AvgIpc) is 2.64. The molecule has 1 aromatic carbocycles. The molecule has 1 unspecified atom stereocenters. The second-order valence-corrected chi connectivity index (χ2v) is 4.41. The Kier molecular flexibility index (Phi) is 3.03. The summed E-state index contributed by atoms with van der Waals surface area (Å²) in [5.74, 6) is -0.114. The summed E-state index contributed by atoms with van der Waals surface area (Å²) >= 11 is 0. The van der Waals surface area contributed by atoms with Crippen LogP contribution in [0.3, 0.4) is 0 Å². The summed E-state index contributed by atoms with van der Waals surface area (Å²) in [6, 6.07) is 6.31. The van der Waals surface area contributed by atoms with Crippen LogP contribution in [0.15, 0.2) is 24.3 Å². The predicted molar refractivity (Wildman–Crippen MR) is 57.7 cm³/mol. The van der Waals surface area contributed by atoms with Crippen LogP contribution in [0.4, 0.5) is 13.2 Å². The number of ether oxygens (including phenoxy) is 1. The zero-order valence-corrected chi connectivity index (χ0v) is 9.47. The molecule has 0 bridgehead atoms. The van der Waals surface area contributed by atoms with Crippen LogP contribution < -0.4 is 10.1 Å². The van der Waals surface area contributed by atoms with Gasteiger partial charge in [0.25, 0.3) is 0 Å². The number of nitrogens with one attached hydrogen (secondary N) is 1. The van der Waals surface area contributed by atoms with Crippen LogP contribution in [-0.2, 0) is 5.54 Å². The van der Waals surface area contributed by atoms with Crippen molar-refractivity contribution in [1.82, 2.24) is 5.32 Å². The monoisotopic (exact) mass is 245 g/mol. The standard InChI is InChI=1S/C12H14F3NO/c1-11(7-4-8-16-11)9-5-2-3-6-10(9)17-12(13,14)15/h2-3,5-6,16H,4,7-8H2,1H3. The summed E-state index contributed by atoms with van der Waals surface area (Å²) < 4.78 is 40.9. The summed E-state index contributed by atoms with van der Waals surface area (Å²) in [7, 11) is 0. The lowest BCUT2D eigenvalue weighted by molar-refractivity contribution is -0.275. The van der Waals surface area contributed by atoms with Crippen LogP contribution in [0.25, 0.3) is 0 Å². The van der Waals surface area contributed by atoms with Gasteiger partial charge < -0.3 is 10.1 Å². The number of rotatable bonds is 2. The zero-order chi connectivity index (χ0) is 12.5. The molecule has 1 N–H and O–H groups in total. The van der Waals surface area contributed by atoms with Crippen LogP contribution in [0.2, 0.25) is 0 Å². The van der Waals surface area contributed by atoms with E-state index in [1.165, 1.54) is 6.07 Å². The molecule has 17 heavy (non-hydrogen) atoms. The van der Waals surface area contributed by atoms with E-state index >= 15 is 0 Å². The van der Waals surface area contributed by atoms with Gasteiger partial charge >= 0.3 is 6.36 Å². The van der Waals surface area contributed by atoms with Crippen molar-refractivity contribution in [3.05, 3.63) is 29.8 Å². The minimum Gasteiger partial charge on any atom is -0.405 e. The molecule has 94 valence electrons. The lowest BCUT2D eigenvalue weighted by atomic mass is 9.90. The lowest BCUT2D eigenvalue weighted by Crippen LogP contribution is -2.34. The number of benzene rings is 1. The molecule has 0 saturated carbocycles. The van der Waals surface area contributed by atoms with E-state index in [-0.39, 0.29) is 5.75 Å². The Bertz CT molecular complexity index is 397.